The van der Waals surface area contributed by atoms with Crippen LogP contribution in [-0.2, 0) is 11.3 Å². The normalized spacial score (nSPS) is 11.6. The van der Waals surface area contributed by atoms with Crippen molar-refractivity contribution in [1.82, 2.24) is 15.2 Å². The number of nitrogens with one attached hydrogen (secondary N) is 1. The summed E-state index contributed by atoms with van der Waals surface area (Å²) in [6.45, 7) is 5.69. The summed E-state index contributed by atoms with van der Waals surface area (Å²) < 4.78 is 1.63. The molecule has 1 aromatic heterocycles. The minimum atomic E-state index is -0.245. The van der Waals surface area contributed by atoms with Gasteiger partial charge in [-0.15, -0.1) is 0 Å². The standard InChI is InChI=1S/C15H16Cl2N4O/c1-9-6-10(2)21(20-9)8-15(22)19-18-11(3)12-4-5-13(16)14(17)7-12/h4-7H,8H2,1-3H3,(H,19,22)/b18-11+. The fourth-order valence-electron chi connectivity index (χ4n) is 1.94. The van der Waals surface area contributed by atoms with E-state index in [1.807, 2.05) is 19.9 Å². The molecule has 0 bridgehead atoms. The van der Waals surface area contributed by atoms with Crippen molar-refractivity contribution in [3.63, 3.8) is 0 Å². The molecule has 1 aromatic carbocycles. The van der Waals surface area contributed by atoms with Gasteiger partial charge in [0.25, 0.3) is 5.91 Å². The van der Waals surface area contributed by atoms with Gasteiger partial charge in [0.05, 0.1) is 21.5 Å². The van der Waals surface area contributed by atoms with Gasteiger partial charge in [0.2, 0.25) is 0 Å². The zero-order chi connectivity index (χ0) is 16.3. The van der Waals surface area contributed by atoms with Crippen molar-refractivity contribution >= 4 is 34.8 Å². The van der Waals surface area contributed by atoms with E-state index in [-0.39, 0.29) is 12.5 Å². The van der Waals surface area contributed by atoms with Crippen LogP contribution in [0.15, 0.2) is 29.4 Å². The summed E-state index contributed by atoms with van der Waals surface area (Å²) in [7, 11) is 0. The molecule has 0 spiro atoms. The fraction of sp³-hybridized carbons (Fsp3) is 0.267. The average molecular weight is 339 g/mol. The van der Waals surface area contributed by atoms with Crippen LogP contribution in [0.5, 0.6) is 0 Å². The first kappa shape index (κ1) is 16.5. The lowest BCUT2D eigenvalue weighted by molar-refractivity contribution is -0.121. The predicted molar refractivity (Wildman–Crippen MR) is 88.5 cm³/mol. The number of aryl methyl sites for hydroxylation is 2. The molecule has 22 heavy (non-hydrogen) atoms. The van der Waals surface area contributed by atoms with Gasteiger partial charge in [-0.25, -0.2) is 5.43 Å². The molecule has 0 aliphatic heterocycles. The molecule has 1 heterocycles. The third-order valence-electron chi connectivity index (χ3n) is 3.08. The van der Waals surface area contributed by atoms with Crippen LogP contribution in [-0.4, -0.2) is 21.4 Å². The van der Waals surface area contributed by atoms with Crippen LogP contribution < -0.4 is 5.43 Å². The molecule has 2 rings (SSSR count). The third-order valence-corrected chi connectivity index (χ3v) is 3.82. The summed E-state index contributed by atoms with van der Waals surface area (Å²) in [6, 6.07) is 7.10. The molecule has 1 amide bonds. The molecular formula is C15H16Cl2N4O. The smallest absolute Gasteiger partial charge is 0.261 e. The highest BCUT2D eigenvalue weighted by molar-refractivity contribution is 6.42. The molecule has 116 valence electrons. The van der Waals surface area contributed by atoms with Crippen molar-refractivity contribution in [3.05, 3.63) is 51.3 Å². The maximum Gasteiger partial charge on any atom is 0.261 e. The number of carbonyl (C=O) groups is 1. The second-order valence-corrected chi connectivity index (χ2v) is 5.76. The van der Waals surface area contributed by atoms with Crippen LogP contribution in [0.2, 0.25) is 10.0 Å². The van der Waals surface area contributed by atoms with Crippen LogP contribution in [0.1, 0.15) is 23.9 Å². The van der Waals surface area contributed by atoms with Crippen LogP contribution >= 0.6 is 23.2 Å². The Balaban J connectivity index is 2.02. The summed E-state index contributed by atoms with van der Waals surface area (Å²) in [5, 5.41) is 9.23. The van der Waals surface area contributed by atoms with Crippen molar-refractivity contribution in [2.24, 2.45) is 5.10 Å². The lowest BCUT2D eigenvalue weighted by Crippen LogP contribution is -2.25. The molecule has 0 fully saturated rings. The second kappa shape index (κ2) is 6.94. The van der Waals surface area contributed by atoms with Crippen molar-refractivity contribution < 1.29 is 4.79 Å². The quantitative estimate of drug-likeness (QED) is 0.686. The van der Waals surface area contributed by atoms with Crippen molar-refractivity contribution in [1.29, 1.82) is 0 Å². The van der Waals surface area contributed by atoms with E-state index in [1.54, 1.807) is 29.8 Å². The van der Waals surface area contributed by atoms with E-state index in [0.29, 0.717) is 15.8 Å². The topological polar surface area (TPSA) is 59.3 Å². The van der Waals surface area contributed by atoms with Gasteiger partial charge in [0.15, 0.2) is 0 Å². The number of hydrazone groups is 1. The van der Waals surface area contributed by atoms with Gasteiger partial charge in [-0.1, -0.05) is 29.3 Å². The molecule has 7 heteroatoms. The summed E-state index contributed by atoms with van der Waals surface area (Å²) in [5.74, 6) is -0.245. The number of benzene rings is 1. The van der Waals surface area contributed by atoms with Crippen LogP contribution in [0, 0.1) is 13.8 Å². The van der Waals surface area contributed by atoms with E-state index in [4.69, 9.17) is 23.2 Å². The molecule has 0 aliphatic carbocycles. The highest BCUT2D eigenvalue weighted by atomic mass is 35.5. The fourth-order valence-corrected chi connectivity index (χ4v) is 2.24. The van der Waals surface area contributed by atoms with Crippen LogP contribution in [0.25, 0.3) is 0 Å². The molecule has 1 N–H and O–H groups in total. The van der Waals surface area contributed by atoms with E-state index >= 15 is 0 Å². The first-order valence-corrected chi connectivity index (χ1v) is 7.42. The molecule has 0 aliphatic rings. The number of aromatic nitrogens is 2. The zero-order valence-electron chi connectivity index (χ0n) is 12.5. The molecule has 2 aromatic rings. The SMILES string of the molecule is C/C(=N\NC(=O)Cn1nc(C)cc1C)c1ccc(Cl)c(Cl)c1. The monoisotopic (exact) mass is 338 g/mol. The molecule has 0 saturated carbocycles. The number of hydrogen-bond acceptors (Lipinski definition) is 3. The molecule has 5 nitrogen and oxygen atoms in total. The minimum absolute atomic E-state index is 0.123. The van der Waals surface area contributed by atoms with E-state index in [0.717, 1.165) is 17.0 Å². The van der Waals surface area contributed by atoms with Crippen molar-refractivity contribution in [2.45, 2.75) is 27.3 Å². The molecule has 0 saturated heterocycles. The Hall–Kier alpha value is -1.85. The van der Waals surface area contributed by atoms with Gasteiger partial charge in [-0.2, -0.15) is 10.2 Å². The van der Waals surface area contributed by atoms with Gasteiger partial charge in [0.1, 0.15) is 6.54 Å². The lowest BCUT2D eigenvalue weighted by atomic mass is 10.1. The summed E-state index contributed by atoms with van der Waals surface area (Å²) in [4.78, 5) is 11.9. The number of halogens is 2. The largest absolute Gasteiger partial charge is 0.271 e. The zero-order valence-corrected chi connectivity index (χ0v) is 14.0. The number of nitrogens with zero attached hydrogens (tertiary/aromatic N) is 3. The summed E-state index contributed by atoms with van der Waals surface area (Å²) >= 11 is 11.8. The Labute approximate surface area is 138 Å². The van der Waals surface area contributed by atoms with Gasteiger partial charge in [0, 0.05) is 5.69 Å². The van der Waals surface area contributed by atoms with E-state index in [2.05, 4.69) is 15.6 Å². The first-order valence-electron chi connectivity index (χ1n) is 6.66. The second-order valence-electron chi connectivity index (χ2n) is 4.95. The van der Waals surface area contributed by atoms with Gasteiger partial charge >= 0.3 is 0 Å². The van der Waals surface area contributed by atoms with Crippen LogP contribution in [0.3, 0.4) is 0 Å². The average Bonchev–Trinajstić information content (AvgIpc) is 2.77. The van der Waals surface area contributed by atoms with E-state index < -0.39 is 0 Å². The minimum Gasteiger partial charge on any atom is -0.271 e. The molecular weight excluding hydrogens is 323 g/mol. The Morgan fingerprint density at radius 1 is 1.27 bits per heavy atom. The van der Waals surface area contributed by atoms with Gasteiger partial charge in [-0.05, 0) is 44.5 Å². The third kappa shape index (κ3) is 4.08. The Kier molecular flexibility index (Phi) is 5.21. The Morgan fingerprint density at radius 3 is 2.59 bits per heavy atom. The lowest BCUT2D eigenvalue weighted by Gasteiger charge is -2.05. The number of hydrogen-bond donors (Lipinski definition) is 1. The summed E-state index contributed by atoms with van der Waals surface area (Å²) in [5.41, 5.74) is 5.75. The van der Waals surface area contributed by atoms with E-state index in [9.17, 15) is 4.79 Å². The van der Waals surface area contributed by atoms with Crippen LogP contribution in [0.4, 0.5) is 0 Å². The van der Waals surface area contributed by atoms with Crippen molar-refractivity contribution in [2.75, 3.05) is 0 Å². The highest BCUT2D eigenvalue weighted by Crippen LogP contribution is 2.22. The van der Waals surface area contributed by atoms with E-state index in [1.165, 1.54) is 0 Å². The molecule has 0 unspecified atom stereocenters. The predicted octanol–water partition coefficient (Wildman–Crippen LogP) is 3.35. The number of amides is 1. The summed E-state index contributed by atoms with van der Waals surface area (Å²) in [6.07, 6.45) is 0. The first-order chi connectivity index (χ1) is 10.4. The maximum atomic E-state index is 11.9. The van der Waals surface area contributed by atoms with Gasteiger partial charge in [-0.3, -0.25) is 9.48 Å². The van der Waals surface area contributed by atoms with Gasteiger partial charge < -0.3 is 0 Å². The highest BCUT2D eigenvalue weighted by Gasteiger charge is 2.07. The number of carbonyl (C=O) groups excluding carboxylic acids is 1. The Morgan fingerprint density at radius 2 is 2.00 bits per heavy atom. The molecule has 0 radical (unpaired) electrons. The maximum absolute atomic E-state index is 11.9. The Bertz CT molecular complexity index is 737. The molecule has 0 atom stereocenters. The number of rotatable bonds is 4. The van der Waals surface area contributed by atoms with Crippen molar-refractivity contribution in [3.8, 4) is 0 Å².